The van der Waals surface area contributed by atoms with Crippen molar-refractivity contribution in [2.24, 2.45) is 0 Å². The topological polar surface area (TPSA) is 20.2 Å². The van der Waals surface area contributed by atoms with Crippen molar-refractivity contribution >= 4 is 18.7 Å². The van der Waals surface area contributed by atoms with Gasteiger partial charge in [0.2, 0.25) is 0 Å². The van der Waals surface area contributed by atoms with Gasteiger partial charge in [-0.3, -0.25) is 0 Å². The van der Waals surface area contributed by atoms with Gasteiger partial charge in [-0.15, -0.1) is 0 Å². The number of thiol groups is 1. The smallest absolute Gasteiger partial charge is 0.164 e. The Morgan fingerprint density at radius 3 is 2.85 bits per heavy atom. The molecule has 70 valence electrons. The quantitative estimate of drug-likeness (QED) is 0.715. The lowest BCUT2D eigenvalue weighted by Crippen LogP contribution is -1.77. The van der Waals surface area contributed by atoms with Gasteiger partial charge in [0.1, 0.15) is 0 Å². The highest BCUT2D eigenvalue weighted by Crippen LogP contribution is 2.17. The fourth-order valence-electron chi connectivity index (χ4n) is 0.927. The van der Waals surface area contributed by atoms with Gasteiger partial charge in [-0.2, -0.15) is 12.6 Å². The summed E-state index contributed by atoms with van der Waals surface area (Å²) < 4.78 is 12.6. The van der Waals surface area contributed by atoms with E-state index >= 15 is 0 Å². The highest BCUT2D eigenvalue weighted by molar-refractivity contribution is 7.80. The lowest BCUT2D eigenvalue weighted by Gasteiger charge is -1.96. The molecule has 0 heterocycles. The molecular weight excluding hydrogens is 187 g/mol. The zero-order chi connectivity index (χ0) is 9.68. The molecule has 0 bridgehead atoms. The Balaban J connectivity index is 2.73. The van der Waals surface area contributed by atoms with Gasteiger partial charge in [-0.1, -0.05) is 18.2 Å². The summed E-state index contributed by atoms with van der Waals surface area (Å²) in [5.41, 5.74) is 0.792. The van der Waals surface area contributed by atoms with Crippen LogP contribution in [0.3, 0.4) is 0 Å². The normalized spacial score (nSPS) is 10.9. The molecule has 0 spiro atoms. The number of phenolic OH excluding ortho intramolecular Hbond substituents is 1. The maximum atomic E-state index is 12.6. The number of aromatic hydroxyl groups is 1. The number of benzene rings is 1. The molecule has 0 saturated carbocycles. The van der Waals surface area contributed by atoms with Crippen molar-refractivity contribution in [1.82, 2.24) is 0 Å². The van der Waals surface area contributed by atoms with Gasteiger partial charge >= 0.3 is 0 Å². The third-order valence-corrected chi connectivity index (χ3v) is 1.83. The van der Waals surface area contributed by atoms with Crippen LogP contribution in [-0.2, 0) is 0 Å². The molecule has 0 amide bonds. The molecule has 0 aromatic heterocycles. The average Bonchev–Trinajstić information content (AvgIpc) is 2.12. The van der Waals surface area contributed by atoms with Gasteiger partial charge in [0, 0.05) is 0 Å². The summed E-state index contributed by atoms with van der Waals surface area (Å²) in [4.78, 5) is 0. The van der Waals surface area contributed by atoms with E-state index in [2.05, 4.69) is 12.6 Å². The highest BCUT2D eigenvalue weighted by Gasteiger charge is 1.97. The highest BCUT2D eigenvalue weighted by atomic mass is 32.1. The van der Waals surface area contributed by atoms with Crippen LogP contribution in [0.25, 0.3) is 6.08 Å². The van der Waals surface area contributed by atoms with Gasteiger partial charge in [0.25, 0.3) is 0 Å². The standard InChI is InChI=1S/C10H11FOS/c11-9-5-4-8(7-10(9)12)3-1-2-6-13/h1,3-5,7,12-13H,2,6H2. The van der Waals surface area contributed by atoms with Crippen LogP contribution in [0.2, 0.25) is 0 Å². The molecule has 0 fully saturated rings. The molecule has 0 radical (unpaired) electrons. The zero-order valence-electron chi connectivity index (χ0n) is 7.07. The van der Waals surface area contributed by atoms with Crippen molar-refractivity contribution in [2.75, 3.05) is 5.75 Å². The predicted octanol–water partition coefficient (Wildman–Crippen LogP) is 2.86. The first-order valence-corrected chi connectivity index (χ1v) is 4.63. The Kier molecular flexibility index (Phi) is 3.83. The molecule has 1 aromatic carbocycles. The SMILES string of the molecule is Oc1cc(C=CCCS)ccc1F. The van der Waals surface area contributed by atoms with Crippen molar-refractivity contribution in [1.29, 1.82) is 0 Å². The number of halogens is 1. The van der Waals surface area contributed by atoms with E-state index in [-0.39, 0.29) is 5.75 Å². The molecule has 0 saturated heterocycles. The Bertz CT molecular complexity index is 310. The third-order valence-electron chi connectivity index (χ3n) is 1.58. The van der Waals surface area contributed by atoms with Crippen LogP contribution < -0.4 is 0 Å². The van der Waals surface area contributed by atoms with E-state index < -0.39 is 5.82 Å². The molecular formula is C10H11FOS. The first-order valence-electron chi connectivity index (χ1n) is 4.00. The van der Waals surface area contributed by atoms with Crippen LogP contribution in [0.4, 0.5) is 4.39 Å². The van der Waals surface area contributed by atoms with Crippen LogP contribution >= 0.6 is 12.6 Å². The lowest BCUT2D eigenvalue weighted by molar-refractivity contribution is 0.432. The molecule has 0 aliphatic carbocycles. The maximum absolute atomic E-state index is 12.6. The molecule has 1 N–H and O–H groups in total. The van der Waals surface area contributed by atoms with Gasteiger partial charge in [-0.05, 0) is 29.9 Å². The summed E-state index contributed by atoms with van der Waals surface area (Å²) in [5, 5.41) is 9.03. The van der Waals surface area contributed by atoms with E-state index in [4.69, 9.17) is 5.11 Å². The van der Waals surface area contributed by atoms with E-state index in [0.717, 1.165) is 17.7 Å². The molecule has 1 aromatic rings. The average molecular weight is 198 g/mol. The van der Waals surface area contributed by atoms with Crippen LogP contribution in [0.15, 0.2) is 24.3 Å². The van der Waals surface area contributed by atoms with Crippen molar-refractivity contribution in [2.45, 2.75) is 6.42 Å². The van der Waals surface area contributed by atoms with Crippen LogP contribution in [0.1, 0.15) is 12.0 Å². The molecule has 13 heavy (non-hydrogen) atoms. The molecule has 0 atom stereocenters. The van der Waals surface area contributed by atoms with Crippen LogP contribution in [0.5, 0.6) is 5.75 Å². The first kappa shape index (κ1) is 10.1. The number of hydrogen-bond donors (Lipinski definition) is 2. The Hall–Kier alpha value is -0.960. The first-order chi connectivity index (χ1) is 6.24. The predicted molar refractivity (Wildman–Crippen MR) is 55.6 cm³/mol. The summed E-state index contributed by atoms with van der Waals surface area (Å²) in [5.74, 6) is -0.122. The molecule has 3 heteroatoms. The van der Waals surface area contributed by atoms with Gasteiger partial charge in [-0.25, -0.2) is 4.39 Å². The van der Waals surface area contributed by atoms with E-state index in [0.29, 0.717) is 0 Å². The minimum absolute atomic E-state index is 0.312. The minimum Gasteiger partial charge on any atom is -0.505 e. The molecule has 0 aliphatic heterocycles. The third kappa shape index (κ3) is 3.11. The summed E-state index contributed by atoms with van der Waals surface area (Å²) >= 11 is 4.04. The minimum atomic E-state index is -0.591. The largest absolute Gasteiger partial charge is 0.505 e. The number of hydrogen-bond acceptors (Lipinski definition) is 2. The number of allylic oxidation sites excluding steroid dienone is 1. The van der Waals surface area contributed by atoms with Gasteiger partial charge < -0.3 is 5.11 Å². The summed E-state index contributed by atoms with van der Waals surface area (Å²) in [7, 11) is 0. The van der Waals surface area contributed by atoms with Crippen LogP contribution in [0, 0.1) is 5.82 Å². The van der Waals surface area contributed by atoms with Crippen LogP contribution in [-0.4, -0.2) is 10.9 Å². The second kappa shape index (κ2) is 4.92. The van der Waals surface area contributed by atoms with Crippen molar-refractivity contribution < 1.29 is 9.50 Å². The van der Waals surface area contributed by atoms with Crippen molar-refractivity contribution in [3.63, 3.8) is 0 Å². The maximum Gasteiger partial charge on any atom is 0.164 e. The Labute approximate surface area is 82.3 Å². The number of rotatable bonds is 3. The van der Waals surface area contributed by atoms with Crippen molar-refractivity contribution in [3.05, 3.63) is 35.7 Å². The molecule has 1 nitrogen and oxygen atoms in total. The summed E-state index contributed by atoms with van der Waals surface area (Å²) in [6.45, 7) is 0. The van der Waals surface area contributed by atoms with E-state index in [1.807, 2.05) is 12.2 Å². The molecule has 1 rings (SSSR count). The molecule has 0 unspecified atom stereocenters. The Morgan fingerprint density at radius 2 is 2.23 bits per heavy atom. The van der Waals surface area contributed by atoms with Gasteiger partial charge in [0.15, 0.2) is 11.6 Å². The van der Waals surface area contributed by atoms with E-state index in [1.54, 1.807) is 6.07 Å². The zero-order valence-corrected chi connectivity index (χ0v) is 7.97. The Morgan fingerprint density at radius 1 is 1.46 bits per heavy atom. The van der Waals surface area contributed by atoms with E-state index in [9.17, 15) is 4.39 Å². The second-order valence-electron chi connectivity index (χ2n) is 2.63. The summed E-state index contributed by atoms with van der Waals surface area (Å²) in [6.07, 6.45) is 4.62. The lowest BCUT2D eigenvalue weighted by atomic mass is 10.2. The second-order valence-corrected chi connectivity index (χ2v) is 3.07. The van der Waals surface area contributed by atoms with Gasteiger partial charge in [0.05, 0.1) is 0 Å². The number of phenols is 1. The van der Waals surface area contributed by atoms with Crippen molar-refractivity contribution in [3.8, 4) is 5.75 Å². The summed E-state index contributed by atoms with van der Waals surface area (Å²) in [6, 6.07) is 4.25. The molecule has 0 aliphatic rings. The van der Waals surface area contributed by atoms with E-state index in [1.165, 1.54) is 12.1 Å². The fourth-order valence-corrected chi connectivity index (χ4v) is 1.08. The monoisotopic (exact) mass is 198 g/mol. The fraction of sp³-hybridized carbons (Fsp3) is 0.200.